The minimum Gasteiger partial charge on any atom is -0.364 e. The average Bonchev–Trinajstić information content (AvgIpc) is 3.25. The molecule has 0 saturated heterocycles. The van der Waals surface area contributed by atoms with Gasteiger partial charge in [0.15, 0.2) is 5.69 Å². The first-order valence-electron chi connectivity index (χ1n) is 9.60. The van der Waals surface area contributed by atoms with Gasteiger partial charge in [0.05, 0.1) is 24.3 Å². The standard InChI is InChI=1S/C23H21N5O2/c1-15(16-9-11-19(12-10-16)28-14-21(23(24)30)26-27-28)25-22(29)13-18-7-4-6-17-5-2-3-8-20(17)18/h2-12,14-15H,13H2,1H3,(H2,24,30)(H,25,29)/t15-/m0/s1. The molecule has 0 radical (unpaired) electrons. The van der Waals surface area contributed by atoms with Crippen LogP contribution in [0.2, 0.25) is 0 Å². The van der Waals surface area contributed by atoms with Crippen LogP contribution in [0.15, 0.2) is 72.9 Å². The molecule has 0 aliphatic heterocycles. The van der Waals surface area contributed by atoms with Gasteiger partial charge >= 0.3 is 0 Å². The van der Waals surface area contributed by atoms with Crippen molar-refractivity contribution in [2.75, 3.05) is 0 Å². The molecule has 3 N–H and O–H groups in total. The van der Waals surface area contributed by atoms with Gasteiger partial charge in [0, 0.05) is 0 Å². The minimum absolute atomic E-state index is 0.0368. The van der Waals surface area contributed by atoms with E-state index in [0.717, 1.165) is 27.6 Å². The Balaban J connectivity index is 1.43. The summed E-state index contributed by atoms with van der Waals surface area (Å²) in [6, 6.07) is 21.4. The number of hydrogen-bond donors (Lipinski definition) is 2. The van der Waals surface area contributed by atoms with Gasteiger partial charge in [-0.3, -0.25) is 9.59 Å². The van der Waals surface area contributed by atoms with Gasteiger partial charge in [0.1, 0.15) is 0 Å². The first kappa shape index (κ1) is 19.3. The number of aromatic nitrogens is 3. The molecule has 7 nitrogen and oxygen atoms in total. The van der Waals surface area contributed by atoms with Crippen LogP contribution in [0, 0.1) is 0 Å². The van der Waals surface area contributed by atoms with Crippen molar-refractivity contribution >= 4 is 22.6 Å². The van der Waals surface area contributed by atoms with Crippen LogP contribution < -0.4 is 11.1 Å². The Bertz CT molecular complexity index is 1210. The predicted molar refractivity (Wildman–Crippen MR) is 114 cm³/mol. The number of nitrogens with two attached hydrogens (primary N) is 1. The molecule has 4 aromatic rings. The summed E-state index contributed by atoms with van der Waals surface area (Å²) in [5.74, 6) is -0.661. The number of primary amides is 1. The van der Waals surface area contributed by atoms with E-state index in [-0.39, 0.29) is 17.6 Å². The van der Waals surface area contributed by atoms with Crippen LogP contribution >= 0.6 is 0 Å². The number of rotatable bonds is 6. The summed E-state index contributed by atoms with van der Waals surface area (Å²) in [6.45, 7) is 1.94. The highest BCUT2D eigenvalue weighted by Gasteiger charge is 2.13. The quantitative estimate of drug-likeness (QED) is 0.520. The van der Waals surface area contributed by atoms with E-state index in [2.05, 4.69) is 15.6 Å². The maximum absolute atomic E-state index is 12.6. The van der Waals surface area contributed by atoms with E-state index in [9.17, 15) is 9.59 Å². The topological polar surface area (TPSA) is 103 Å². The smallest absolute Gasteiger partial charge is 0.270 e. The maximum atomic E-state index is 12.6. The van der Waals surface area contributed by atoms with Gasteiger partial charge in [-0.1, -0.05) is 59.8 Å². The van der Waals surface area contributed by atoms with E-state index in [1.54, 1.807) is 0 Å². The zero-order valence-electron chi connectivity index (χ0n) is 16.4. The van der Waals surface area contributed by atoms with Gasteiger partial charge in [-0.05, 0) is 41.0 Å². The van der Waals surface area contributed by atoms with Crippen LogP contribution in [0.1, 0.15) is 34.6 Å². The summed E-state index contributed by atoms with van der Waals surface area (Å²) < 4.78 is 1.48. The monoisotopic (exact) mass is 399 g/mol. The van der Waals surface area contributed by atoms with Gasteiger partial charge < -0.3 is 11.1 Å². The van der Waals surface area contributed by atoms with Crippen molar-refractivity contribution in [3.05, 3.63) is 89.7 Å². The van der Waals surface area contributed by atoms with Crippen LogP contribution in [-0.2, 0) is 11.2 Å². The summed E-state index contributed by atoms with van der Waals surface area (Å²) in [5.41, 5.74) is 8.02. The molecule has 0 unspecified atom stereocenters. The molecule has 1 atom stereocenters. The fraction of sp³-hybridized carbons (Fsp3) is 0.130. The Morgan fingerprint density at radius 3 is 2.50 bits per heavy atom. The number of fused-ring (bicyclic) bond motifs is 1. The Hall–Kier alpha value is -4.00. The van der Waals surface area contributed by atoms with E-state index < -0.39 is 5.91 Å². The van der Waals surface area contributed by atoms with Crippen LogP contribution in [0.4, 0.5) is 0 Å². The van der Waals surface area contributed by atoms with Gasteiger partial charge in [0.25, 0.3) is 5.91 Å². The van der Waals surface area contributed by atoms with E-state index in [0.29, 0.717) is 6.42 Å². The lowest BCUT2D eigenvalue weighted by Crippen LogP contribution is -2.28. The van der Waals surface area contributed by atoms with Crippen LogP contribution in [0.5, 0.6) is 0 Å². The minimum atomic E-state index is -0.625. The zero-order chi connectivity index (χ0) is 21.1. The Morgan fingerprint density at radius 2 is 1.77 bits per heavy atom. The molecule has 1 heterocycles. The molecule has 0 saturated carbocycles. The van der Waals surface area contributed by atoms with E-state index in [4.69, 9.17) is 5.73 Å². The molecule has 3 aromatic carbocycles. The van der Waals surface area contributed by atoms with Crippen LogP contribution in [0.25, 0.3) is 16.5 Å². The second kappa shape index (κ2) is 8.16. The molecular weight excluding hydrogens is 378 g/mol. The second-order valence-electron chi connectivity index (χ2n) is 7.11. The number of amides is 2. The summed E-state index contributed by atoms with van der Waals surface area (Å²) in [4.78, 5) is 23.8. The number of hydrogen-bond acceptors (Lipinski definition) is 4. The Labute approximate surface area is 173 Å². The molecule has 2 amide bonds. The number of carbonyl (C=O) groups is 2. The fourth-order valence-electron chi connectivity index (χ4n) is 3.41. The molecule has 0 aliphatic rings. The molecule has 0 bridgehead atoms. The lowest BCUT2D eigenvalue weighted by Gasteiger charge is -2.15. The van der Waals surface area contributed by atoms with E-state index >= 15 is 0 Å². The van der Waals surface area contributed by atoms with E-state index in [1.807, 2.05) is 73.7 Å². The summed E-state index contributed by atoms with van der Waals surface area (Å²) in [6.07, 6.45) is 1.80. The van der Waals surface area contributed by atoms with Gasteiger partial charge in [-0.15, -0.1) is 5.10 Å². The second-order valence-corrected chi connectivity index (χ2v) is 7.11. The third kappa shape index (κ3) is 4.05. The molecule has 1 aromatic heterocycles. The highest BCUT2D eigenvalue weighted by atomic mass is 16.2. The third-order valence-electron chi connectivity index (χ3n) is 5.01. The number of nitrogens with one attached hydrogen (secondary N) is 1. The molecule has 0 aliphatic carbocycles. The molecule has 4 rings (SSSR count). The van der Waals surface area contributed by atoms with Gasteiger partial charge in [-0.2, -0.15) is 0 Å². The number of benzene rings is 3. The van der Waals surface area contributed by atoms with Gasteiger partial charge in [-0.25, -0.2) is 4.68 Å². The van der Waals surface area contributed by atoms with Crippen LogP contribution in [-0.4, -0.2) is 26.8 Å². The zero-order valence-corrected chi connectivity index (χ0v) is 16.4. The summed E-state index contributed by atoms with van der Waals surface area (Å²) in [5, 5.41) is 12.9. The van der Waals surface area contributed by atoms with E-state index in [1.165, 1.54) is 10.9 Å². The highest BCUT2D eigenvalue weighted by molar-refractivity contribution is 5.91. The summed E-state index contributed by atoms with van der Waals surface area (Å²) >= 11 is 0. The molecule has 0 spiro atoms. The molecule has 7 heteroatoms. The first-order valence-corrected chi connectivity index (χ1v) is 9.60. The van der Waals surface area contributed by atoms with Crippen molar-refractivity contribution in [1.29, 1.82) is 0 Å². The molecule has 30 heavy (non-hydrogen) atoms. The Morgan fingerprint density at radius 1 is 1.03 bits per heavy atom. The Kier molecular flexibility index (Phi) is 5.26. The van der Waals surface area contributed by atoms with Crippen molar-refractivity contribution in [2.24, 2.45) is 5.73 Å². The largest absolute Gasteiger partial charge is 0.364 e. The lowest BCUT2D eigenvalue weighted by molar-refractivity contribution is -0.121. The van der Waals surface area contributed by atoms with Crippen molar-refractivity contribution < 1.29 is 9.59 Å². The van der Waals surface area contributed by atoms with Crippen molar-refractivity contribution in [3.63, 3.8) is 0 Å². The third-order valence-corrected chi connectivity index (χ3v) is 5.01. The average molecular weight is 399 g/mol. The maximum Gasteiger partial charge on any atom is 0.270 e. The molecular formula is C23H21N5O2. The molecule has 150 valence electrons. The lowest BCUT2D eigenvalue weighted by atomic mass is 10.0. The predicted octanol–water partition coefficient (Wildman–Crippen LogP) is 2.94. The van der Waals surface area contributed by atoms with Crippen LogP contribution in [0.3, 0.4) is 0 Å². The molecule has 0 fully saturated rings. The first-order chi connectivity index (χ1) is 14.5. The normalized spacial score (nSPS) is 11.9. The van der Waals surface area contributed by atoms with Gasteiger partial charge in [0.2, 0.25) is 5.91 Å². The summed E-state index contributed by atoms with van der Waals surface area (Å²) in [7, 11) is 0. The SMILES string of the molecule is C[C@H](NC(=O)Cc1cccc2ccccc12)c1ccc(-n2cc(C(N)=O)nn2)cc1. The van der Waals surface area contributed by atoms with Crippen molar-refractivity contribution in [2.45, 2.75) is 19.4 Å². The highest BCUT2D eigenvalue weighted by Crippen LogP contribution is 2.20. The number of nitrogens with zero attached hydrogens (tertiary/aromatic N) is 3. The van der Waals surface area contributed by atoms with Crippen molar-refractivity contribution in [3.8, 4) is 5.69 Å². The fourth-order valence-corrected chi connectivity index (χ4v) is 3.41. The van der Waals surface area contributed by atoms with Crippen molar-refractivity contribution in [1.82, 2.24) is 20.3 Å². The number of carbonyl (C=O) groups excluding carboxylic acids is 2.